The van der Waals surface area contributed by atoms with E-state index in [0.29, 0.717) is 12.6 Å². The zero-order valence-corrected chi connectivity index (χ0v) is 17.1. The molecule has 1 aliphatic rings. The van der Waals surface area contributed by atoms with Crippen molar-refractivity contribution in [2.75, 3.05) is 33.9 Å². The Hall–Kier alpha value is -1.95. The van der Waals surface area contributed by atoms with E-state index >= 15 is 0 Å². The quantitative estimate of drug-likeness (QED) is 0.351. The van der Waals surface area contributed by atoms with Crippen molar-refractivity contribution < 1.29 is 14.2 Å². The number of ether oxygens (including phenoxy) is 3. The van der Waals surface area contributed by atoms with Gasteiger partial charge in [-0.05, 0) is 63.1 Å². The maximum Gasteiger partial charge on any atom is 0.191 e. The first-order valence-electron chi connectivity index (χ1n) is 10.1. The van der Waals surface area contributed by atoms with E-state index in [1.807, 2.05) is 13.0 Å². The maximum atomic E-state index is 6.17. The van der Waals surface area contributed by atoms with E-state index in [2.05, 4.69) is 27.8 Å². The molecule has 0 aromatic heterocycles. The van der Waals surface area contributed by atoms with Crippen molar-refractivity contribution in [2.24, 2.45) is 4.99 Å². The highest BCUT2D eigenvalue weighted by Crippen LogP contribution is 2.32. The molecular formula is C21H35N3O3. The van der Waals surface area contributed by atoms with E-state index in [1.54, 1.807) is 14.2 Å². The van der Waals surface area contributed by atoms with Crippen molar-refractivity contribution >= 4 is 5.96 Å². The molecule has 152 valence electrons. The Labute approximate surface area is 163 Å². The summed E-state index contributed by atoms with van der Waals surface area (Å²) in [6.45, 7) is 5.19. The van der Waals surface area contributed by atoms with Crippen LogP contribution in [0.2, 0.25) is 0 Å². The molecule has 0 atom stereocenters. The summed E-state index contributed by atoms with van der Waals surface area (Å²) in [6, 6.07) is 6.10. The molecular weight excluding hydrogens is 342 g/mol. The SMILES string of the molecule is CCOCCCCNC(=NC)NCc1ccc(OC)c(OC2CCCC2)c1. The average molecular weight is 378 g/mol. The van der Waals surface area contributed by atoms with E-state index in [0.717, 1.165) is 68.5 Å². The first-order valence-corrected chi connectivity index (χ1v) is 10.1. The van der Waals surface area contributed by atoms with Crippen molar-refractivity contribution in [3.63, 3.8) is 0 Å². The van der Waals surface area contributed by atoms with Crippen LogP contribution in [0.3, 0.4) is 0 Å². The van der Waals surface area contributed by atoms with Crippen molar-refractivity contribution in [2.45, 2.75) is 58.1 Å². The van der Waals surface area contributed by atoms with Crippen LogP contribution in [-0.4, -0.2) is 46.0 Å². The number of methoxy groups -OCH3 is 1. The van der Waals surface area contributed by atoms with Crippen LogP contribution in [0.25, 0.3) is 0 Å². The minimum Gasteiger partial charge on any atom is -0.493 e. The van der Waals surface area contributed by atoms with Crippen LogP contribution in [0.1, 0.15) is 51.0 Å². The lowest BCUT2D eigenvalue weighted by atomic mass is 10.2. The van der Waals surface area contributed by atoms with Crippen molar-refractivity contribution in [3.05, 3.63) is 23.8 Å². The van der Waals surface area contributed by atoms with Gasteiger partial charge in [-0.3, -0.25) is 4.99 Å². The number of rotatable bonds is 11. The highest BCUT2D eigenvalue weighted by atomic mass is 16.5. The fraction of sp³-hybridized carbons (Fsp3) is 0.667. The molecule has 1 saturated carbocycles. The molecule has 1 aromatic carbocycles. The highest BCUT2D eigenvalue weighted by molar-refractivity contribution is 5.79. The Morgan fingerprint density at radius 2 is 1.96 bits per heavy atom. The molecule has 1 aromatic rings. The second-order valence-electron chi connectivity index (χ2n) is 6.77. The summed E-state index contributed by atoms with van der Waals surface area (Å²) in [4.78, 5) is 4.28. The van der Waals surface area contributed by atoms with Gasteiger partial charge in [-0.15, -0.1) is 0 Å². The van der Waals surface area contributed by atoms with Crippen LogP contribution in [0.5, 0.6) is 11.5 Å². The summed E-state index contributed by atoms with van der Waals surface area (Å²) >= 11 is 0. The molecule has 6 nitrogen and oxygen atoms in total. The Kier molecular flexibility index (Phi) is 9.84. The van der Waals surface area contributed by atoms with Gasteiger partial charge in [0.1, 0.15) is 0 Å². The Bertz CT molecular complexity index is 572. The third-order valence-electron chi connectivity index (χ3n) is 4.72. The third kappa shape index (κ3) is 7.67. The molecule has 0 radical (unpaired) electrons. The molecule has 0 saturated heterocycles. The lowest BCUT2D eigenvalue weighted by Crippen LogP contribution is -2.37. The molecule has 0 heterocycles. The number of hydrogen-bond acceptors (Lipinski definition) is 4. The van der Waals surface area contributed by atoms with E-state index in [4.69, 9.17) is 14.2 Å². The van der Waals surface area contributed by atoms with Crippen molar-refractivity contribution in [1.29, 1.82) is 0 Å². The van der Waals surface area contributed by atoms with Gasteiger partial charge in [0.25, 0.3) is 0 Å². The number of aliphatic imine (C=N–C) groups is 1. The Morgan fingerprint density at radius 1 is 1.15 bits per heavy atom. The Morgan fingerprint density at radius 3 is 2.67 bits per heavy atom. The maximum absolute atomic E-state index is 6.17. The van der Waals surface area contributed by atoms with Crippen molar-refractivity contribution in [1.82, 2.24) is 10.6 Å². The normalized spacial score (nSPS) is 15.0. The van der Waals surface area contributed by atoms with Gasteiger partial charge in [-0.1, -0.05) is 6.07 Å². The fourth-order valence-electron chi connectivity index (χ4n) is 3.20. The predicted octanol–water partition coefficient (Wildman–Crippen LogP) is 3.50. The molecule has 0 amide bonds. The van der Waals surface area contributed by atoms with Gasteiger partial charge in [-0.25, -0.2) is 0 Å². The molecule has 2 N–H and O–H groups in total. The molecule has 0 bridgehead atoms. The van der Waals surface area contributed by atoms with Gasteiger partial charge in [-0.2, -0.15) is 0 Å². The summed E-state index contributed by atoms with van der Waals surface area (Å²) < 4.78 is 17.0. The minimum atomic E-state index is 0.313. The summed E-state index contributed by atoms with van der Waals surface area (Å²) in [5.74, 6) is 2.44. The number of guanidine groups is 1. The molecule has 0 aliphatic heterocycles. The molecule has 0 spiro atoms. The van der Waals surface area contributed by atoms with E-state index < -0.39 is 0 Å². The molecule has 1 fully saturated rings. The minimum absolute atomic E-state index is 0.313. The van der Waals surface area contributed by atoms with Gasteiger partial charge in [0, 0.05) is 33.4 Å². The van der Waals surface area contributed by atoms with Crippen LogP contribution in [-0.2, 0) is 11.3 Å². The van der Waals surface area contributed by atoms with Crippen LogP contribution in [0.4, 0.5) is 0 Å². The topological polar surface area (TPSA) is 64.1 Å². The molecule has 0 unspecified atom stereocenters. The van der Waals surface area contributed by atoms with Gasteiger partial charge >= 0.3 is 0 Å². The molecule has 1 aliphatic carbocycles. The van der Waals surface area contributed by atoms with E-state index in [-0.39, 0.29) is 0 Å². The van der Waals surface area contributed by atoms with Crippen LogP contribution >= 0.6 is 0 Å². The number of hydrogen-bond donors (Lipinski definition) is 2. The Balaban J connectivity index is 1.80. The van der Waals surface area contributed by atoms with Gasteiger partial charge in [0.05, 0.1) is 13.2 Å². The summed E-state index contributed by atoms with van der Waals surface area (Å²) in [5.41, 5.74) is 1.14. The van der Waals surface area contributed by atoms with Gasteiger partial charge < -0.3 is 24.8 Å². The smallest absolute Gasteiger partial charge is 0.191 e. The largest absolute Gasteiger partial charge is 0.493 e. The monoisotopic (exact) mass is 377 g/mol. The summed E-state index contributed by atoms with van der Waals surface area (Å²) in [6.07, 6.45) is 7.19. The molecule has 6 heteroatoms. The fourth-order valence-corrected chi connectivity index (χ4v) is 3.20. The lowest BCUT2D eigenvalue weighted by molar-refractivity contribution is 0.143. The number of nitrogens with zero attached hydrogens (tertiary/aromatic N) is 1. The van der Waals surface area contributed by atoms with Crippen LogP contribution < -0.4 is 20.1 Å². The number of benzene rings is 1. The van der Waals surface area contributed by atoms with Crippen LogP contribution in [0.15, 0.2) is 23.2 Å². The standard InChI is InChI=1S/C21H35N3O3/c1-4-26-14-8-7-13-23-21(22-2)24-16-17-11-12-19(25-3)20(15-17)27-18-9-5-6-10-18/h11-12,15,18H,4-10,13-14,16H2,1-3H3,(H2,22,23,24). The molecule has 2 rings (SSSR count). The first kappa shape index (κ1) is 21.4. The van der Waals surface area contributed by atoms with E-state index in [1.165, 1.54) is 12.8 Å². The van der Waals surface area contributed by atoms with Crippen LogP contribution in [0, 0.1) is 0 Å². The van der Waals surface area contributed by atoms with E-state index in [9.17, 15) is 0 Å². The zero-order valence-electron chi connectivity index (χ0n) is 17.1. The lowest BCUT2D eigenvalue weighted by Gasteiger charge is -2.17. The predicted molar refractivity (Wildman–Crippen MR) is 110 cm³/mol. The second-order valence-corrected chi connectivity index (χ2v) is 6.77. The zero-order chi connectivity index (χ0) is 19.3. The number of unbranched alkanes of at least 4 members (excludes halogenated alkanes) is 1. The second kappa shape index (κ2) is 12.4. The van der Waals surface area contributed by atoms with Gasteiger partial charge in [0.2, 0.25) is 0 Å². The molecule has 27 heavy (non-hydrogen) atoms. The van der Waals surface area contributed by atoms with Crippen molar-refractivity contribution in [3.8, 4) is 11.5 Å². The van der Waals surface area contributed by atoms with Gasteiger partial charge in [0.15, 0.2) is 17.5 Å². The summed E-state index contributed by atoms with van der Waals surface area (Å²) in [5, 5.41) is 6.70. The summed E-state index contributed by atoms with van der Waals surface area (Å²) in [7, 11) is 3.48. The highest BCUT2D eigenvalue weighted by Gasteiger charge is 2.18. The third-order valence-corrected chi connectivity index (χ3v) is 4.72. The number of nitrogens with one attached hydrogen (secondary N) is 2. The first-order chi connectivity index (χ1) is 13.3. The average Bonchev–Trinajstić information content (AvgIpc) is 3.20.